The molecule has 3 aromatic heterocycles. The minimum Gasteiger partial charge on any atom is -0.388 e. The van der Waals surface area contributed by atoms with Crippen molar-refractivity contribution in [3.63, 3.8) is 0 Å². The van der Waals surface area contributed by atoms with Gasteiger partial charge in [-0.3, -0.25) is 4.98 Å². The largest absolute Gasteiger partial charge is 0.388 e. The summed E-state index contributed by atoms with van der Waals surface area (Å²) in [7, 11) is 1.97. The maximum absolute atomic E-state index is 10.2. The van der Waals surface area contributed by atoms with Crippen molar-refractivity contribution >= 4 is 21.6 Å². The van der Waals surface area contributed by atoms with Gasteiger partial charge in [0, 0.05) is 37.6 Å². The average Bonchev–Trinajstić information content (AvgIpc) is 3.03. The molecule has 0 aliphatic rings. The monoisotopic (exact) mass is 273 g/mol. The number of rotatable bonds is 4. The normalized spacial score (nSPS) is 12.9. The molecule has 98 valence electrons. The number of fused-ring (bicyclic) bond motifs is 1. The van der Waals surface area contributed by atoms with Crippen molar-refractivity contribution in [1.82, 2.24) is 14.5 Å². The minimum absolute atomic E-state index is 0.490. The second kappa shape index (κ2) is 5.11. The first-order valence-corrected chi connectivity index (χ1v) is 7.09. The average molecular weight is 273 g/mol. The molecule has 4 nitrogen and oxygen atoms in total. The number of aliphatic hydroxyl groups is 1. The maximum Gasteiger partial charge on any atom is 0.108 e. The van der Waals surface area contributed by atoms with Crippen molar-refractivity contribution in [3.05, 3.63) is 47.5 Å². The van der Waals surface area contributed by atoms with Gasteiger partial charge in [0.25, 0.3) is 0 Å². The fourth-order valence-electron chi connectivity index (χ4n) is 2.11. The van der Waals surface area contributed by atoms with Crippen LogP contribution >= 0.6 is 11.3 Å². The number of pyridine rings is 1. The minimum atomic E-state index is -0.490. The number of aromatic nitrogens is 3. The highest BCUT2D eigenvalue weighted by atomic mass is 32.1. The molecule has 5 heteroatoms. The van der Waals surface area contributed by atoms with E-state index in [1.807, 2.05) is 35.3 Å². The Hall–Kier alpha value is -1.72. The van der Waals surface area contributed by atoms with Crippen LogP contribution in [0.3, 0.4) is 0 Å². The summed E-state index contributed by atoms with van der Waals surface area (Å²) in [6, 6.07) is 4.01. The third-order valence-electron chi connectivity index (χ3n) is 3.27. The molecule has 0 saturated carbocycles. The van der Waals surface area contributed by atoms with Gasteiger partial charge in [0.2, 0.25) is 0 Å². The van der Waals surface area contributed by atoms with Gasteiger partial charge in [-0.1, -0.05) is 0 Å². The van der Waals surface area contributed by atoms with E-state index in [2.05, 4.69) is 9.97 Å². The number of hydrogen-bond donors (Lipinski definition) is 1. The third kappa shape index (κ3) is 2.52. The molecule has 3 rings (SSSR count). The highest BCUT2D eigenvalue weighted by Crippen LogP contribution is 2.24. The van der Waals surface area contributed by atoms with Crippen LogP contribution < -0.4 is 0 Å². The molecular weight excluding hydrogens is 258 g/mol. The molecule has 1 N–H and O–H groups in total. The van der Waals surface area contributed by atoms with Gasteiger partial charge in [0.15, 0.2) is 0 Å². The summed E-state index contributed by atoms with van der Waals surface area (Å²) in [6.07, 6.45) is 6.38. The van der Waals surface area contributed by atoms with Crippen LogP contribution in [0.1, 0.15) is 23.9 Å². The Bertz CT molecular complexity index is 689. The number of aliphatic hydroxyl groups excluding tert-OH is 1. The quantitative estimate of drug-likeness (QED) is 0.795. The molecule has 1 atom stereocenters. The molecule has 0 aliphatic carbocycles. The van der Waals surface area contributed by atoms with Crippen molar-refractivity contribution in [2.75, 3.05) is 0 Å². The Kier molecular flexibility index (Phi) is 3.31. The molecule has 0 radical (unpaired) electrons. The summed E-state index contributed by atoms with van der Waals surface area (Å²) in [4.78, 5) is 8.62. The van der Waals surface area contributed by atoms with Crippen LogP contribution in [0, 0.1) is 0 Å². The first-order valence-electron chi connectivity index (χ1n) is 6.21. The van der Waals surface area contributed by atoms with Crippen LogP contribution in [-0.2, 0) is 13.5 Å². The highest BCUT2D eigenvalue weighted by Gasteiger charge is 2.11. The number of hydrogen-bond acceptors (Lipinski definition) is 4. The van der Waals surface area contributed by atoms with E-state index in [0.29, 0.717) is 6.42 Å². The zero-order chi connectivity index (χ0) is 13.2. The van der Waals surface area contributed by atoms with E-state index in [9.17, 15) is 5.11 Å². The number of thiophene rings is 1. The molecule has 0 aromatic carbocycles. The van der Waals surface area contributed by atoms with Crippen molar-refractivity contribution < 1.29 is 5.11 Å². The second-order valence-corrected chi connectivity index (χ2v) is 5.53. The van der Waals surface area contributed by atoms with E-state index in [4.69, 9.17) is 0 Å². The first kappa shape index (κ1) is 12.3. The van der Waals surface area contributed by atoms with Crippen molar-refractivity contribution in [1.29, 1.82) is 0 Å². The van der Waals surface area contributed by atoms with E-state index < -0.39 is 6.10 Å². The summed E-state index contributed by atoms with van der Waals surface area (Å²) in [5.41, 5.74) is 1.87. The van der Waals surface area contributed by atoms with Crippen molar-refractivity contribution in [2.24, 2.45) is 7.05 Å². The summed E-state index contributed by atoms with van der Waals surface area (Å²) in [6.45, 7) is 0. The van der Waals surface area contributed by atoms with E-state index in [1.165, 1.54) is 0 Å². The molecule has 1 unspecified atom stereocenters. The van der Waals surface area contributed by atoms with Gasteiger partial charge in [0.1, 0.15) is 5.82 Å². The summed E-state index contributed by atoms with van der Waals surface area (Å²) in [5.74, 6) is 0.990. The van der Waals surface area contributed by atoms with Crippen LogP contribution in [-0.4, -0.2) is 19.6 Å². The molecule has 0 spiro atoms. The SMILES string of the molecule is Cn1ccnc1CCC(O)c1cnc2ccsc2c1. The number of imidazole rings is 1. The molecular formula is C14H15N3OS. The highest BCUT2D eigenvalue weighted by molar-refractivity contribution is 7.17. The first-order chi connectivity index (χ1) is 9.24. The lowest BCUT2D eigenvalue weighted by Crippen LogP contribution is -2.03. The molecule has 0 bridgehead atoms. The van der Waals surface area contributed by atoms with Gasteiger partial charge < -0.3 is 9.67 Å². The van der Waals surface area contributed by atoms with Gasteiger partial charge in [-0.25, -0.2) is 4.98 Å². The topological polar surface area (TPSA) is 50.9 Å². The van der Waals surface area contributed by atoms with Gasteiger partial charge in [0.05, 0.1) is 16.3 Å². The standard InChI is InChI=1S/C14H15N3OS/c1-17-6-5-15-14(17)3-2-12(18)10-8-13-11(16-9-10)4-7-19-13/h4-9,12,18H,2-3H2,1H3. The predicted molar refractivity (Wildman–Crippen MR) is 76.1 cm³/mol. The second-order valence-electron chi connectivity index (χ2n) is 4.58. The molecule has 3 heterocycles. The van der Waals surface area contributed by atoms with E-state index >= 15 is 0 Å². The van der Waals surface area contributed by atoms with Gasteiger partial charge in [-0.2, -0.15) is 0 Å². The fraction of sp³-hybridized carbons (Fsp3) is 0.286. The van der Waals surface area contributed by atoms with Gasteiger partial charge in [-0.05, 0) is 23.9 Å². The zero-order valence-corrected chi connectivity index (χ0v) is 11.5. The van der Waals surface area contributed by atoms with Crippen LogP contribution in [0.4, 0.5) is 0 Å². The fourth-order valence-corrected chi connectivity index (χ4v) is 2.90. The summed E-state index contributed by atoms with van der Waals surface area (Å²) in [5, 5.41) is 12.3. The van der Waals surface area contributed by atoms with Gasteiger partial charge in [-0.15, -0.1) is 11.3 Å². The Morgan fingerprint density at radius 3 is 3.11 bits per heavy atom. The zero-order valence-electron chi connectivity index (χ0n) is 10.7. The molecule has 0 saturated heterocycles. The predicted octanol–water partition coefficient (Wildman–Crippen LogP) is 2.70. The Morgan fingerprint density at radius 1 is 1.42 bits per heavy atom. The molecule has 3 aromatic rings. The molecule has 0 amide bonds. The van der Waals surface area contributed by atoms with E-state index in [1.54, 1.807) is 23.7 Å². The number of aryl methyl sites for hydroxylation is 2. The summed E-state index contributed by atoms with van der Waals surface area (Å²) >= 11 is 1.65. The van der Waals surface area contributed by atoms with Crippen LogP contribution in [0.2, 0.25) is 0 Å². The van der Waals surface area contributed by atoms with Crippen LogP contribution in [0.15, 0.2) is 36.1 Å². The molecule has 19 heavy (non-hydrogen) atoms. The van der Waals surface area contributed by atoms with Crippen molar-refractivity contribution in [2.45, 2.75) is 18.9 Å². The third-order valence-corrected chi connectivity index (χ3v) is 4.12. The van der Waals surface area contributed by atoms with Crippen LogP contribution in [0.5, 0.6) is 0 Å². The van der Waals surface area contributed by atoms with Crippen molar-refractivity contribution in [3.8, 4) is 0 Å². The Balaban J connectivity index is 1.72. The summed E-state index contributed by atoms with van der Waals surface area (Å²) < 4.78 is 3.10. The Morgan fingerprint density at radius 2 is 2.32 bits per heavy atom. The lowest BCUT2D eigenvalue weighted by Gasteiger charge is -2.10. The lowest BCUT2D eigenvalue weighted by atomic mass is 10.1. The smallest absolute Gasteiger partial charge is 0.108 e. The van der Waals surface area contributed by atoms with Gasteiger partial charge >= 0.3 is 0 Å². The maximum atomic E-state index is 10.2. The Labute approximate surface area is 115 Å². The molecule has 0 fully saturated rings. The van der Waals surface area contributed by atoms with E-state index in [0.717, 1.165) is 28.0 Å². The van der Waals surface area contributed by atoms with E-state index in [-0.39, 0.29) is 0 Å². The van der Waals surface area contributed by atoms with Crippen LogP contribution in [0.25, 0.3) is 10.2 Å². The number of nitrogens with zero attached hydrogens (tertiary/aromatic N) is 3. The lowest BCUT2D eigenvalue weighted by molar-refractivity contribution is 0.166. The molecule has 0 aliphatic heterocycles.